The molecular weight excluding hydrogens is 378 g/mol. The first-order chi connectivity index (χ1) is 14.7. The van der Waals surface area contributed by atoms with Crippen molar-refractivity contribution < 1.29 is 9.53 Å². The van der Waals surface area contributed by atoms with Gasteiger partial charge >= 0.3 is 0 Å². The second-order valence-corrected chi connectivity index (χ2v) is 7.84. The van der Waals surface area contributed by atoms with Gasteiger partial charge in [0, 0.05) is 31.0 Å². The molecule has 0 aliphatic carbocycles. The van der Waals surface area contributed by atoms with Gasteiger partial charge in [-0.1, -0.05) is 30.3 Å². The van der Waals surface area contributed by atoms with Gasteiger partial charge in [-0.3, -0.25) is 4.79 Å². The van der Waals surface area contributed by atoms with Gasteiger partial charge in [-0.05, 0) is 31.7 Å². The molecule has 7 nitrogen and oxygen atoms in total. The molecule has 1 spiro atoms. The molecule has 2 aliphatic rings. The van der Waals surface area contributed by atoms with Crippen LogP contribution in [-0.2, 0) is 16.8 Å². The molecule has 2 aliphatic heterocycles. The van der Waals surface area contributed by atoms with Crippen LogP contribution in [0.3, 0.4) is 0 Å². The Morgan fingerprint density at radius 1 is 1.10 bits per heavy atom. The van der Waals surface area contributed by atoms with E-state index in [2.05, 4.69) is 15.0 Å². The van der Waals surface area contributed by atoms with Gasteiger partial charge in [0.15, 0.2) is 5.82 Å². The summed E-state index contributed by atoms with van der Waals surface area (Å²) in [7, 11) is 0. The van der Waals surface area contributed by atoms with E-state index in [1.54, 1.807) is 6.20 Å². The molecule has 4 heterocycles. The number of benzene rings is 1. The molecule has 1 fully saturated rings. The summed E-state index contributed by atoms with van der Waals surface area (Å²) in [6, 6.07) is 10.00. The Labute approximate surface area is 175 Å². The van der Waals surface area contributed by atoms with E-state index in [1.165, 1.54) is 6.33 Å². The highest BCUT2D eigenvalue weighted by atomic mass is 16.5. The van der Waals surface area contributed by atoms with E-state index in [0.29, 0.717) is 43.8 Å². The fourth-order valence-electron chi connectivity index (χ4n) is 4.36. The third-order valence-electron chi connectivity index (χ3n) is 6.08. The maximum atomic E-state index is 13.0. The second kappa shape index (κ2) is 7.57. The highest BCUT2D eigenvalue weighted by molar-refractivity contribution is 5.95. The summed E-state index contributed by atoms with van der Waals surface area (Å²) < 4.78 is 6.33. The Hall–Kier alpha value is -3.19. The lowest BCUT2D eigenvalue weighted by molar-refractivity contribution is -0.0967. The molecule has 5 rings (SSSR count). The summed E-state index contributed by atoms with van der Waals surface area (Å²) in [6.45, 7) is 3.71. The zero-order valence-electron chi connectivity index (χ0n) is 16.9. The first kappa shape index (κ1) is 18.8. The smallest absolute Gasteiger partial charge is 0.257 e. The zero-order valence-corrected chi connectivity index (χ0v) is 16.9. The Kier molecular flexibility index (Phi) is 4.75. The third-order valence-corrected chi connectivity index (χ3v) is 6.08. The normalized spacial score (nSPS) is 17.6. The van der Waals surface area contributed by atoms with Crippen LogP contribution in [-0.4, -0.2) is 50.4 Å². The van der Waals surface area contributed by atoms with E-state index in [-0.39, 0.29) is 5.91 Å². The number of aromatic nitrogens is 4. The van der Waals surface area contributed by atoms with Crippen molar-refractivity contribution in [1.82, 2.24) is 24.8 Å². The molecule has 1 aromatic carbocycles. The standard InChI is InChI=1S/C23H23N5O2/c1-16-19(14-24-15-26-16)22(29)28-10-8-23(9-11-28)20-18(7-12-30-23)13-25-21(27-20)17-5-3-2-4-6-17/h2-6,13-15H,7-12H2,1H3. The highest BCUT2D eigenvalue weighted by Gasteiger charge is 2.43. The number of hydrogen-bond donors (Lipinski definition) is 0. The SMILES string of the molecule is Cc1ncncc1C(=O)N1CCC2(CC1)OCCc1cnc(-c3ccccc3)nc12. The van der Waals surface area contributed by atoms with Crippen LogP contribution in [0.25, 0.3) is 11.4 Å². The van der Waals surface area contributed by atoms with E-state index in [0.717, 1.165) is 29.1 Å². The lowest BCUT2D eigenvalue weighted by atomic mass is 9.83. The minimum atomic E-state index is -0.459. The Morgan fingerprint density at radius 3 is 2.67 bits per heavy atom. The largest absolute Gasteiger partial charge is 0.368 e. The first-order valence-electron chi connectivity index (χ1n) is 10.3. The fraction of sp³-hybridized carbons (Fsp3) is 0.348. The third kappa shape index (κ3) is 3.25. The fourth-order valence-corrected chi connectivity index (χ4v) is 4.36. The zero-order chi connectivity index (χ0) is 20.6. The Morgan fingerprint density at radius 2 is 1.90 bits per heavy atom. The van der Waals surface area contributed by atoms with Gasteiger partial charge in [0.25, 0.3) is 5.91 Å². The van der Waals surface area contributed by atoms with Crippen LogP contribution >= 0.6 is 0 Å². The Balaban J connectivity index is 1.41. The van der Waals surface area contributed by atoms with E-state index < -0.39 is 5.60 Å². The predicted octanol–water partition coefficient (Wildman–Crippen LogP) is 2.95. The lowest BCUT2D eigenvalue weighted by Crippen LogP contribution is -2.49. The van der Waals surface area contributed by atoms with Gasteiger partial charge in [0.1, 0.15) is 11.9 Å². The number of likely N-dealkylation sites (tertiary alicyclic amines) is 1. The van der Waals surface area contributed by atoms with Crippen molar-refractivity contribution in [2.24, 2.45) is 0 Å². The number of fused-ring (bicyclic) bond motifs is 2. The van der Waals surface area contributed by atoms with E-state index in [9.17, 15) is 4.79 Å². The number of rotatable bonds is 2. The number of aryl methyl sites for hydroxylation is 1. The van der Waals surface area contributed by atoms with Gasteiger partial charge in [-0.2, -0.15) is 0 Å². The molecule has 0 bridgehead atoms. The number of nitrogens with zero attached hydrogens (tertiary/aromatic N) is 5. The summed E-state index contributed by atoms with van der Waals surface area (Å²) in [5.74, 6) is 0.696. The van der Waals surface area contributed by atoms with Crippen molar-refractivity contribution >= 4 is 5.91 Å². The van der Waals surface area contributed by atoms with Gasteiger partial charge < -0.3 is 9.64 Å². The summed E-state index contributed by atoms with van der Waals surface area (Å²) >= 11 is 0. The first-order valence-corrected chi connectivity index (χ1v) is 10.3. The van der Waals surface area contributed by atoms with E-state index in [4.69, 9.17) is 9.72 Å². The second-order valence-electron chi connectivity index (χ2n) is 7.84. The number of amides is 1. The molecule has 1 amide bonds. The van der Waals surface area contributed by atoms with E-state index >= 15 is 0 Å². The van der Waals surface area contributed by atoms with Crippen LogP contribution in [0.1, 0.15) is 40.2 Å². The number of carbonyl (C=O) groups is 1. The predicted molar refractivity (Wildman–Crippen MR) is 111 cm³/mol. The van der Waals surface area contributed by atoms with Crippen molar-refractivity contribution in [3.8, 4) is 11.4 Å². The quantitative estimate of drug-likeness (QED) is 0.657. The van der Waals surface area contributed by atoms with Crippen LogP contribution in [0.2, 0.25) is 0 Å². The molecule has 152 valence electrons. The van der Waals surface area contributed by atoms with Crippen molar-refractivity contribution in [1.29, 1.82) is 0 Å². The molecule has 1 saturated heterocycles. The van der Waals surface area contributed by atoms with Crippen LogP contribution < -0.4 is 0 Å². The van der Waals surface area contributed by atoms with Crippen LogP contribution in [0.15, 0.2) is 49.1 Å². The van der Waals surface area contributed by atoms with Crippen molar-refractivity contribution in [3.63, 3.8) is 0 Å². The van der Waals surface area contributed by atoms with Gasteiger partial charge in [0.05, 0.1) is 23.6 Å². The molecule has 0 unspecified atom stereocenters. The average Bonchev–Trinajstić information content (AvgIpc) is 2.80. The number of carbonyl (C=O) groups excluding carboxylic acids is 1. The van der Waals surface area contributed by atoms with Crippen LogP contribution in [0, 0.1) is 6.92 Å². The summed E-state index contributed by atoms with van der Waals surface area (Å²) in [4.78, 5) is 32.5. The topological polar surface area (TPSA) is 81.1 Å². The van der Waals surface area contributed by atoms with Gasteiger partial charge in [-0.15, -0.1) is 0 Å². The molecule has 0 N–H and O–H groups in total. The minimum Gasteiger partial charge on any atom is -0.368 e. The van der Waals surface area contributed by atoms with Crippen LogP contribution in [0.5, 0.6) is 0 Å². The molecule has 0 atom stereocenters. The summed E-state index contributed by atoms with van der Waals surface area (Å²) in [5, 5.41) is 0. The molecular formula is C23H23N5O2. The molecule has 7 heteroatoms. The monoisotopic (exact) mass is 401 g/mol. The van der Waals surface area contributed by atoms with Crippen molar-refractivity contribution in [2.75, 3.05) is 19.7 Å². The minimum absolute atomic E-state index is 0.0216. The van der Waals surface area contributed by atoms with Crippen molar-refractivity contribution in [3.05, 3.63) is 71.6 Å². The number of piperidine rings is 1. The van der Waals surface area contributed by atoms with Gasteiger partial charge in [0.2, 0.25) is 0 Å². The molecule has 3 aromatic rings. The molecule has 30 heavy (non-hydrogen) atoms. The number of ether oxygens (including phenoxy) is 1. The lowest BCUT2D eigenvalue weighted by Gasteiger charge is -2.44. The molecule has 0 saturated carbocycles. The molecule has 2 aromatic heterocycles. The van der Waals surface area contributed by atoms with Gasteiger partial charge in [-0.25, -0.2) is 19.9 Å². The maximum Gasteiger partial charge on any atom is 0.257 e. The summed E-state index contributed by atoms with van der Waals surface area (Å²) in [5.41, 5.74) is 3.93. The number of hydrogen-bond acceptors (Lipinski definition) is 6. The maximum absolute atomic E-state index is 13.0. The Bertz CT molecular complexity index is 1080. The summed E-state index contributed by atoms with van der Waals surface area (Å²) in [6.07, 6.45) is 7.24. The average molecular weight is 401 g/mol. The van der Waals surface area contributed by atoms with E-state index in [1.807, 2.05) is 48.4 Å². The molecule has 0 radical (unpaired) electrons. The highest BCUT2D eigenvalue weighted by Crippen LogP contribution is 2.41. The van der Waals surface area contributed by atoms with Crippen molar-refractivity contribution in [2.45, 2.75) is 31.8 Å². The van der Waals surface area contributed by atoms with Crippen LogP contribution in [0.4, 0.5) is 0 Å².